The first kappa shape index (κ1) is 18.8. The van der Waals surface area contributed by atoms with Gasteiger partial charge in [0.15, 0.2) is 9.84 Å². The van der Waals surface area contributed by atoms with Crippen molar-refractivity contribution in [3.05, 3.63) is 33.9 Å². The molecule has 1 aliphatic rings. The minimum atomic E-state index is -4.01. The monoisotopic (exact) mass is 376 g/mol. The van der Waals surface area contributed by atoms with Crippen molar-refractivity contribution in [2.24, 2.45) is 0 Å². The lowest BCUT2D eigenvalue weighted by atomic mass is 10.2. The Bertz CT molecular complexity index is 848. The Hall–Kier alpha value is -1.52. The van der Waals surface area contributed by atoms with Gasteiger partial charge in [0, 0.05) is 24.2 Å². The molecular weight excluding hydrogens is 356 g/mol. The molecule has 0 bridgehead atoms. The number of nitrogens with zero attached hydrogens (tertiary/aromatic N) is 2. The van der Waals surface area contributed by atoms with Crippen molar-refractivity contribution in [3.63, 3.8) is 0 Å². The smallest absolute Gasteiger partial charge is 0.258 e. The SMILES string of the molecule is CCCN([C@H]1CCS(=O)(=O)C1)S(=O)(=O)c1ccc(C)c([N+](=O)[O-])c1. The molecule has 0 aliphatic carbocycles. The number of nitro groups is 1. The number of benzene rings is 1. The highest BCUT2D eigenvalue weighted by molar-refractivity contribution is 7.92. The van der Waals surface area contributed by atoms with Gasteiger partial charge < -0.3 is 0 Å². The first-order valence-corrected chi connectivity index (χ1v) is 10.8. The van der Waals surface area contributed by atoms with E-state index in [4.69, 9.17) is 0 Å². The average molecular weight is 376 g/mol. The standard InChI is InChI=1S/C14H20N2O6S2/c1-3-7-15(12-6-8-23(19,20)10-12)24(21,22)13-5-4-11(2)14(9-13)16(17)18/h4-5,9,12H,3,6-8,10H2,1-2H3/t12-/m0/s1. The molecule has 0 spiro atoms. The van der Waals surface area contributed by atoms with E-state index >= 15 is 0 Å². The molecule has 1 aromatic rings. The van der Waals surface area contributed by atoms with E-state index in [9.17, 15) is 26.9 Å². The molecule has 0 saturated carbocycles. The molecule has 1 saturated heterocycles. The molecule has 1 fully saturated rings. The number of nitro benzene ring substituents is 1. The minimum absolute atomic E-state index is 0.0402. The van der Waals surface area contributed by atoms with E-state index in [1.54, 1.807) is 6.92 Å². The van der Waals surface area contributed by atoms with Crippen LogP contribution in [0, 0.1) is 17.0 Å². The molecule has 0 unspecified atom stereocenters. The minimum Gasteiger partial charge on any atom is -0.258 e. The summed E-state index contributed by atoms with van der Waals surface area (Å²) in [5, 5.41) is 11.1. The van der Waals surface area contributed by atoms with Crippen molar-refractivity contribution in [1.29, 1.82) is 0 Å². The van der Waals surface area contributed by atoms with Gasteiger partial charge in [-0.15, -0.1) is 0 Å². The normalized spacial score (nSPS) is 20.4. The van der Waals surface area contributed by atoms with Crippen molar-refractivity contribution in [3.8, 4) is 0 Å². The molecule has 1 heterocycles. The molecule has 8 nitrogen and oxygen atoms in total. The number of aryl methyl sites for hydroxylation is 1. The van der Waals surface area contributed by atoms with Crippen LogP contribution in [0.15, 0.2) is 23.1 Å². The van der Waals surface area contributed by atoms with Crippen LogP contribution in [0.4, 0.5) is 5.69 Å². The molecule has 24 heavy (non-hydrogen) atoms. The zero-order valence-corrected chi connectivity index (χ0v) is 15.1. The summed E-state index contributed by atoms with van der Waals surface area (Å²) in [6.07, 6.45) is 0.763. The summed E-state index contributed by atoms with van der Waals surface area (Å²) in [5.74, 6) is -0.248. The molecular formula is C14H20N2O6S2. The van der Waals surface area contributed by atoms with Crippen LogP contribution in [-0.2, 0) is 19.9 Å². The summed E-state index contributed by atoms with van der Waals surface area (Å²) in [7, 11) is -7.25. The van der Waals surface area contributed by atoms with Gasteiger partial charge in [-0.25, -0.2) is 16.8 Å². The predicted molar refractivity (Wildman–Crippen MR) is 89.1 cm³/mol. The van der Waals surface area contributed by atoms with E-state index in [1.165, 1.54) is 23.4 Å². The van der Waals surface area contributed by atoms with Crippen LogP contribution in [0.25, 0.3) is 0 Å². The van der Waals surface area contributed by atoms with Crippen molar-refractivity contribution >= 4 is 25.5 Å². The maximum Gasteiger partial charge on any atom is 0.273 e. The Morgan fingerprint density at radius 1 is 1.38 bits per heavy atom. The molecule has 10 heteroatoms. The highest BCUT2D eigenvalue weighted by Crippen LogP contribution is 2.28. The molecule has 0 aromatic heterocycles. The Morgan fingerprint density at radius 3 is 2.54 bits per heavy atom. The number of sulfone groups is 1. The maximum atomic E-state index is 12.9. The molecule has 0 amide bonds. The second-order valence-corrected chi connectivity index (χ2v) is 10.00. The van der Waals surface area contributed by atoms with E-state index in [1.807, 2.05) is 0 Å². The van der Waals surface area contributed by atoms with Gasteiger partial charge in [-0.1, -0.05) is 13.0 Å². The van der Waals surface area contributed by atoms with Crippen molar-refractivity contribution < 1.29 is 21.8 Å². The number of hydrogen-bond acceptors (Lipinski definition) is 6. The van der Waals surface area contributed by atoms with E-state index in [-0.39, 0.29) is 35.1 Å². The Morgan fingerprint density at radius 2 is 2.04 bits per heavy atom. The fourth-order valence-electron chi connectivity index (χ4n) is 2.80. The van der Waals surface area contributed by atoms with Crippen LogP contribution < -0.4 is 0 Å². The van der Waals surface area contributed by atoms with Crippen molar-refractivity contribution in [2.45, 2.75) is 37.6 Å². The van der Waals surface area contributed by atoms with Gasteiger partial charge in [-0.3, -0.25) is 10.1 Å². The van der Waals surface area contributed by atoms with E-state index in [0.717, 1.165) is 6.07 Å². The third-order valence-electron chi connectivity index (χ3n) is 4.04. The van der Waals surface area contributed by atoms with Crippen LogP contribution >= 0.6 is 0 Å². The summed E-state index contributed by atoms with van der Waals surface area (Å²) in [5.41, 5.74) is 0.0935. The highest BCUT2D eigenvalue weighted by Gasteiger charge is 2.38. The fourth-order valence-corrected chi connectivity index (χ4v) is 6.40. The summed E-state index contributed by atoms with van der Waals surface area (Å²) in [6.45, 7) is 3.50. The largest absolute Gasteiger partial charge is 0.273 e. The van der Waals surface area contributed by atoms with Crippen LogP contribution in [0.2, 0.25) is 0 Å². The highest BCUT2D eigenvalue weighted by atomic mass is 32.2. The molecule has 2 rings (SSSR count). The lowest BCUT2D eigenvalue weighted by Crippen LogP contribution is -2.41. The summed E-state index contributed by atoms with van der Waals surface area (Å²) in [4.78, 5) is 10.2. The Balaban J connectivity index is 2.46. The number of sulfonamides is 1. The quantitative estimate of drug-likeness (QED) is 0.549. The molecule has 0 N–H and O–H groups in total. The van der Waals surface area contributed by atoms with Crippen LogP contribution in [-0.4, -0.2) is 50.2 Å². The topological polar surface area (TPSA) is 115 Å². The summed E-state index contributed by atoms with van der Waals surface area (Å²) < 4.78 is 50.4. The second kappa shape index (κ2) is 6.77. The van der Waals surface area contributed by atoms with Gasteiger partial charge in [0.1, 0.15) is 0 Å². The molecule has 1 aromatic carbocycles. The molecule has 0 radical (unpaired) electrons. The van der Waals surface area contributed by atoms with Gasteiger partial charge in [0.25, 0.3) is 5.69 Å². The van der Waals surface area contributed by atoms with Gasteiger partial charge >= 0.3 is 0 Å². The van der Waals surface area contributed by atoms with Gasteiger partial charge in [0.2, 0.25) is 10.0 Å². The third kappa shape index (κ3) is 3.76. The van der Waals surface area contributed by atoms with Crippen molar-refractivity contribution in [2.75, 3.05) is 18.1 Å². The van der Waals surface area contributed by atoms with Crippen LogP contribution in [0.3, 0.4) is 0 Å². The van der Waals surface area contributed by atoms with E-state index in [2.05, 4.69) is 0 Å². The molecule has 1 atom stereocenters. The van der Waals surface area contributed by atoms with Gasteiger partial charge in [0.05, 0.1) is 21.3 Å². The number of hydrogen-bond donors (Lipinski definition) is 0. The van der Waals surface area contributed by atoms with Gasteiger partial charge in [-0.05, 0) is 25.8 Å². The average Bonchev–Trinajstić information content (AvgIpc) is 2.84. The Labute approximate surface area is 141 Å². The van der Waals surface area contributed by atoms with Crippen molar-refractivity contribution in [1.82, 2.24) is 4.31 Å². The zero-order chi connectivity index (χ0) is 18.1. The van der Waals surface area contributed by atoms with E-state index in [0.29, 0.717) is 12.0 Å². The fraction of sp³-hybridized carbons (Fsp3) is 0.571. The molecule has 134 valence electrons. The first-order valence-electron chi connectivity index (χ1n) is 7.56. The second-order valence-electron chi connectivity index (χ2n) is 5.88. The summed E-state index contributed by atoms with van der Waals surface area (Å²) in [6, 6.07) is 3.13. The van der Waals surface area contributed by atoms with Gasteiger partial charge in [-0.2, -0.15) is 4.31 Å². The Kier molecular flexibility index (Phi) is 5.31. The maximum absolute atomic E-state index is 12.9. The van der Waals surface area contributed by atoms with Crippen LogP contribution in [0.5, 0.6) is 0 Å². The van der Waals surface area contributed by atoms with E-state index < -0.39 is 30.8 Å². The third-order valence-corrected chi connectivity index (χ3v) is 7.74. The first-order chi connectivity index (χ1) is 11.1. The van der Waals surface area contributed by atoms with Crippen LogP contribution in [0.1, 0.15) is 25.3 Å². The number of rotatable bonds is 6. The lowest BCUT2D eigenvalue weighted by molar-refractivity contribution is -0.385. The summed E-state index contributed by atoms with van der Waals surface area (Å²) >= 11 is 0. The molecule has 1 aliphatic heterocycles. The lowest BCUT2D eigenvalue weighted by Gasteiger charge is -2.27. The predicted octanol–water partition coefficient (Wildman–Crippen LogP) is 1.49. The zero-order valence-electron chi connectivity index (χ0n) is 13.5.